The van der Waals surface area contributed by atoms with Crippen LogP contribution in [0.1, 0.15) is 22.3 Å². The summed E-state index contributed by atoms with van der Waals surface area (Å²) in [7, 11) is 3.99. The van der Waals surface area contributed by atoms with E-state index in [4.69, 9.17) is 0 Å². The van der Waals surface area contributed by atoms with Crippen LogP contribution >= 0.6 is 11.8 Å². The van der Waals surface area contributed by atoms with Gasteiger partial charge in [0.15, 0.2) is 0 Å². The molecule has 0 spiro atoms. The Hall–Kier alpha value is -1.60. The van der Waals surface area contributed by atoms with Crippen LogP contribution in [0.4, 0.5) is 5.69 Å². The van der Waals surface area contributed by atoms with E-state index in [2.05, 4.69) is 4.90 Å². The van der Waals surface area contributed by atoms with Crippen molar-refractivity contribution in [3.63, 3.8) is 0 Å². The summed E-state index contributed by atoms with van der Waals surface area (Å²) in [4.78, 5) is 27.5. The highest BCUT2D eigenvalue weighted by atomic mass is 32.2. The third kappa shape index (κ3) is 4.45. The standard InChI is InChI=1S/C16H23N3O3S/c1-12-5-6-13(9-15(12)19(21)22)16(20)18-7-4-8-23-11-14(18)10-17(2)3/h5-6,9,14H,4,7-8,10-11H2,1-3H3. The lowest BCUT2D eigenvalue weighted by Gasteiger charge is -2.31. The van der Waals surface area contributed by atoms with Crippen LogP contribution in [-0.4, -0.2) is 65.4 Å². The van der Waals surface area contributed by atoms with Gasteiger partial charge in [0.2, 0.25) is 0 Å². The fraction of sp³-hybridized carbons (Fsp3) is 0.562. The van der Waals surface area contributed by atoms with E-state index in [-0.39, 0.29) is 17.6 Å². The maximum atomic E-state index is 12.9. The van der Waals surface area contributed by atoms with Gasteiger partial charge in [0.25, 0.3) is 11.6 Å². The monoisotopic (exact) mass is 337 g/mol. The normalized spacial score (nSPS) is 18.8. The second-order valence-corrected chi connectivity index (χ2v) is 7.25. The van der Waals surface area contributed by atoms with Gasteiger partial charge >= 0.3 is 0 Å². The number of nitro benzene ring substituents is 1. The number of benzene rings is 1. The number of nitro groups is 1. The van der Waals surface area contributed by atoms with Gasteiger partial charge in [-0.05, 0) is 39.3 Å². The third-order valence-electron chi connectivity index (χ3n) is 3.93. The first-order valence-electron chi connectivity index (χ1n) is 7.68. The van der Waals surface area contributed by atoms with Crippen LogP contribution < -0.4 is 0 Å². The summed E-state index contributed by atoms with van der Waals surface area (Å²) in [5, 5.41) is 11.1. The number of rotatable bonds is 4. The average molecular weight is 337 g/mol. The number of aryl methyl sites for hydroxylation is 1. The summed E-state index contributed by atoms with van der Waals surface area (Å²) in [6.45, 7) is 3.18. The van der Waals surface area contributed by atoms with Gasteiger partial charge in [-0.25, -0.2) is 0 Å². The van der Waals surface area contributed by atoms with Crippen molar-refractivity contribution in [1.29, 1.82) is 0 Å². The lowest BCUT2D eigenvalue weighted by molar-refractivity contribution is -0.385. The Kier molecular flexibility index (Phi) is 6.01. The topological polar surface area (TPSA) is 66.7 Å². The molecular weight excluding hydrogens is 314 g/mol. The van der Waals surface area contributed by atoms with E-state index in [0.29, 0.717) is 17.7 Å². The van der Waals surface area contributed by atoms with Gasteiger partial charge in [-0.2, -0.15) is 11.8 Å². The number of thioether (sulfide) groups is 1. The number of likely N-dealkylation sites (N-methyl/N-ethyl adjacent to an activating group) is 1. The minimum Gasteiger partial charge on any atom is -0.334 e. The van der Waals surface area contributed by atoms with Crippen molar-refractivity contribution in [2.24, 2.45) is 0 Å². The number of hydrogen-bond acceptors (Lipinski definition) is 5. The zero-order chi connectivity index (χ0) is 17.0. The van der Waals surface area contributed by atoms with Crippen LogP contribution in [0.3, 0.4) is 0 Å². The van der Waals surface area contributed by atoms with Crippen molar-refractivity contribution >= 4 is 23.4 Å². The maximum absolute atomic E-state index is 12.9. The Bertz CT molecular complexity index is 592. The molecule has 0 N–H and O–H groups in total. The third-order valence-corrected chi connectivity index (χ3v) is 5.13. The minimum atomic E-state index is -0.429. The molecule has 1 aliphatic heterocycles. The molecule has 1 atom stereocenters. The minimum absolute atomic E-state index is 0.00389. The van der Waals surface area contributed by atoms with E-state index in [9.17, 15) is 14.9 Å². The molecule has 7 heteroatoms. The lowest BCUT2D eigenvalue weighted by atomic mass is 10.1. The summed E-state index contributed by atoms with van der Waals surface area (Å²) >= 11 is 1.86. The van der Waals surface area contributed by atoms with Gasteiger partial charge in [0, 0.05) is 36.0 Å². The zero-order valence-electron chi connectivity index (χ0n) is 13.8. The summed E-state index contributed by atoms with van der Waals surface area (Å²) in [5.74, 6) is 1.84. The van der Waals surface area contributed by atoms with E-state index >= 15 is 0 Å². The van der Waals surface area contributed by atoms with E-state index in [1.807, 2.05) is 30.8 Å². The highest BCUT2D eigenvalue weighted by molar-refractivity contribution is 7.99. The van der Waals surface area contributed by atoms with Gasteiger partial charge < -0.3 is 9.80 Å². The molecular formula is C16H23N3O3S. The van der Waals surface area contributed by atoms with Gasteiger partial charge in [0.05, 0.1) is 11.0 Å². The second-order valence-electron chi connectivity index (χ2n) is 6.10. The number of hydrogen-bond donors (Lipinski definition) is 0. The number of nitrogens with zero attached hydrogens (tertiary/aromatic N) is 3. The SMILES string of the molecule is Cc1ccc(C(=O)N2CCCSCC2CN(C)C)cc1[N+](=O)[O-]. The molecule has 0 aromatic heterocycles. The van der Waals surface area contributed by atoms with Crippen molar-refractivity contribution in [1.82, 2.24) is 9.80 Å². The van der Waals surface area contributed by atoms with Crippen LogP contribution in [-0.2, 0) is 0 Å². The molecule has 1 fully saturated rings. The molecule has 1 aromatic rings. The molecule has 0 aliphatic carbocycles. The smallest absolute Gasteiger partial charge is 0.273 e. The Labute approximate surface area is 141 Å². The van der Waals surface area contributed by atoms with Gasteiger partial charge in [-0.15, -0.1) is 0 Å². The number of amides is 1. The van der Waals surface area contributed by atoms with Gasteiger partial charge in [0.1, 0.15) is 0 Å². The molecule has 1 saturated heterocycles. The second kappa shape index (κ2) is 7.79. The molecule has 6 nitrogen and oxygen atoms in total. The molecule has 126 valence electrons. The van der Waals surface area contributed by atoms with Gasteiger partial charge in [-0.3, -0.25) is 14.9 Å². The van der Waals surface area contributed by atoms with Crippen molar-refractivity contribution in [3.8, 4) is 0 Å². The number of carbonyl (C=O) groups excluding carboxylic acids is 1. The van der Waals surface area contributed by atoms with Crippen molar-refractivity contribution in [3.05, 3.63) is 39.4 Å². The van der Waals surface area contributed by atoms with E-state index in [0.717, 1.165) is 24.5 Å². The average Bonchev–Trinajstić information content (AvgIpc) is 2.71. The van der Waals surface area contributed by atoms with E-state index in [1.54, 1.807) is 19.1 Å². The van der Waals surface area contributed by atoms with E-state index in [1.165, 1.54) is 6.07 Å². The first-order chi connectivity index (χ1) is 10.9. The molecule has 0 saturated carbocycles. The molecule has 1 amide bonds. The molecule has 0 radical (unpaired) electrons. The quantitative estimate of drug-likeness (QED) is 0.623. The largest absolute Gasteiger partial charge is 0.334 e. The van der Waals surface area contributed by atoms with Crippen LogP contribution in [0.25, 0.3) is 0 Å². The van der Waals surface area contributed by atoms with Gasteiger partial charge in [-0.1, -0.05) is 6.07 Å². The van der Waals surface area contributed by atoms with Crippen molar-refractivity contribution in [2.75, 3.05) is 38.7 Å². The fourth-order valence-electron chi connectivity index (χ4n) is 2.77. The first-order valence-corrected chi connectivity index (χ1v) is 8.84. The van der Waals surface area contributed by atoms with Crippen molar-refractivity contribution in [2.45, 2.75) is 19.4 Å². The Balaban J connectivity index is 2.28. The fourth-order valence-corrected chi connectivity index (χ4v) is 3.83. The molecule has 2 rings (SSSR count). The predicted molar refractivity (Wildman–Crippen MR) is 93.2 cm³/mol. The van der Waals surface area contributed by atoms with Crippen LogP contribution in [0.5, 0.6) is 0 Å². The zero-order valence-corrected chi connectivity index (χ0v) is 14.6. The van der Waals surface area contributed by atoms with Crippen molar-refractivity contribution < 1.29 is 9.72 Å². The lowest BCUT2D eigenvalue weighted by Crippen LogP contribution is -2.46. The molecule has 1 unspecified atom stereocenters. The summed E-state index contributed by atoms with van der Waals surface area (Å²) < 4.78 is 0. The highest BCUT2D eigenvalue weighted by Gasteiger charge is 2.28. The van der Waals surface area contributed by atoms with Crippen LogP contribution in [0.15, 0.2) is 18.2 Å². The summed E-state index contributed by atoms with van der Waals surface area (Å²) in [5.41, 5.74) is 0.977. The van der Waals surface area contributed by atoms with Crippen LogP contribution in [0, 0.1) is 17.0 Å². The molecule has 1 aromatic carbocycles. The first kappa shape index (κ1) is 17.7. The summed E-state index contributed by atoms with van der Waals surface area (Å²) in [6.07, 6.45) is 0.953. The number of carbonyl (C=O) groups is 1. The summed E-state index contributed by atoms with van der Waals surface area (Å²) in [6, 6.07) is 4.88. The maximum Gasteiger partial charge on any atom is 0.273 e. The predicted octanol–water partition coefficient (Wildman–Crippen LogP) is 2.41. The Morgan fingerprint density at radius 1 is 1.48 bits per heavy atom. The van der Waals surface area contributed by atoms with E-state index < -0.39 is 4.92 Å². The van der Waals surface area contributed by atoms with Crippen LogP contribution in [0.2, 0.25) is 0 Å². The molecule has 23 heavy (non-hydrogen) atoms. The molecule has 0 bridgehead atoms. The highest BCUT2D eigenvalue weighted by Crippen LogP contribution is 2.23. The Morgan fingerprint density at radius 2 is 2.22 bits per heavy atom. The molecule has 1 heterocycles. The Morgan fingerprint density at radius 3 is 2.87 bits per heavy atom. The molecule has 1 aliphatic rings.